The lowest BCUT2D eigenvalue weighted by Crippen LogP contribution is -1.77. The normalized spacial score (nSPS) is 10.8. The fourth-order valence-electron chi connectivity index (χ4n) is 0.152. The van der Waals surface area contributed by atoms with E-state index in [4.69, 9.17) is 6.42 Å². The summed E-state index contributed by atoms with van der Waals surface area (Å²) in [5.74, 6) is 2.43. The molecule has 0 amide bonds. The van der Waals surface area contributed by atoms with Crippen LogP contribution in [0.15, 0.2) is 5.16 Å². The monoisotopic (exact) mass is 255 g/mol. The Hall–Kier alpha value is -0.440. The second-order valence-electron chi connectivity index (χ2n) is 1.18. The van der Waals surface area contributed by atoms with Gasteiger partial charge < -0.3 is 9.57 Å². The minimum atomic E-state index is 0. The zero-order valence-electron chi connectivity index (χ0n) is 5.74. The second-order valence-corrected chi connectivity index (χ2v) is 1.18. The largest absolute Gasteiger partial charge is 0.441 e. The van der Waals surface area contributed by atoms with Gasteiger partial charge >= 0.3 is 0 Å². The van der Waals surface area contributed by atoms with Crippen molar-refractivity contribution in [1.29, 1.82) is 0 Å². The molecule has 0 aromatic rings. The van der Waals surface area contributed by atoms with Crippen LogP contribution < -0.4 is 0 Å². The first-order valence-corrected chi connectivity index (χ1v) is 2.60. The highest BCUT2D eigenvalue weighted by molar-refractivity contribution is 14.0. The predicted molar refractivity (Wildman–Crippen MR) is 50.1 cm³/mol. The van der Waals surface area contributed by atoms with Gasteiger partial charge in [-0.25, -0.2) is 0 Å². The Kier molecular flexibility index (Phi) is 13.9. The molecule has 0 fully saturated rings. The smallest absolute Gasteiger partial charge is 0.257 e. The van der Waals surface area contributed by atoms with Crippen LogP contribution in [0.2, 0.25) is 0 Å². The van der Waals surface area contributed by atoms with Crippen molar-refractivity contribution in [2.45, 2.75) is 13.3 Å². The molecule has 1 heterocycles. The van der Waals surface area contributed by atoms with E-state index in [0.29, 0.717) is 0 Å². The summed E-state index contributed by atoms with van der Waals surface area (Å²) in [7, 11) is 0. The van der Waals surface area contributed by atoms with Crippen molar-refractivity contribution in [1.82, 2.24) is 0 Å². The van der Waals surface area contributed by atoms with Gasteiger partial charge in [0.1, 0.15) is 0 Å². The molecule has 0 aliphatic carbocycles. The number of nitrogens with zero attached hydrogens (tertiary/aromatic N) is 1. The van der Waals surface area contributed by atoms with Crippen molar-refractivity contribution in [3.63, 3.8) is 0 Å². The molecule has 58 valence electrons. The topological polar surface area (TPSA) is 30.8 Å². The highest BCUT2D eigenvalue weighted by Crippen LogP contribution is 1.81. The van der Waals surface area contributed by atoms with Crippen molar-refractivity contribution in [2.24, 2.45) is 5.16 Å². The van der Waals surface area contributed by atoms with E-state index in [1.54, 1.807) is 0 Å². The molecule has 0 spiro atoms. The molecule has 1 aliphatic rings. The first-order chi connectivity index (χ1) is 4.41. The van der Waals surface area contributed by atoms with E-state index >= 15 is 0 Å². The first kappa shape index (κ1) is 12.3. The molecule has 1 aliphatic heterocycles. The van der Waals surface area contributed by atoms with Gasteiger partial charge in [0, 0.05) is 6.42 Å². The molecule has 0 saturated heterocycles. The Morgan fingerprint density at radius 2 is 2.40 bits per heavy atom. The van der Waals surface area contributed by atoms with E-state index in [-0.39, 0.29) is 30.8 Å². The maximum absolute atomic E-state index is 4.78. The standard InChI is InChI=1S/C4H6.C2H3NO2.HI/c1-3-4-2;1-3-5-2-4-1;/h1H,4H2,2H3;1H,2H2;1H. The van der Waals surface area contributed by atoms with Gasteiger partial charge in [0.25, 0.3) is 6.79 Å². The average molecular weight is 255 g/mol. The lowest BCUT2D eigenvalue weighted by Gasteiger charge is -1.77. The number of rotatable bonds is 0. The Labute approximate surface area is 77.8 Å². The molecule has 10 heavy (non-hydrogen) atoms. The number of halogens is 1. The number of oxime groups is 1. The Morgan fingerprint density at radius 3 is 2.50 bits per heavy atom. The van der Waals surface area contributed by atoms with Crippen molar-refractivity contribution in [2.75, 3.05) is 6.79 Å². The van der Waals surface area contributed by atoms with Crippen LogP contribution >= 0.6 is 24.0 Å². The summed E-state index contributed by atoms with van der Waals surface area (Å²) in [5, 5.41) is 3.24. The molecular formula is C6H10INO2. The molecule has 0 radical (unpaired) electrons. The molecule has 0 unspecified atom stereocenters. The predicted octanol–water partition coefficient (Wildman–Crippen LogP) is 1.58. The SMILES string of the molecule is C#CCC.C1=NOCO1.I. The zero-order chi connectivity index (χ0) is 6.95. The van der Waals surface area contributed by atoms with E-state index in [2.05, 4.69) is 20.7 Å². The number of ether oxygens (including phenoxy) is 1. The van der Waals surface area contributed by atoms with Crippen LogP contribution in [0.25, 0.3) is 0 Å². The van der Waals surface area contributed by atoms with Gasteiger partial charge in [-0.2, -0.15) is 0 Å². The van der Waals surface area contributed by atoms with E-state index in [0.717, 1.165) is 6.42 Å². The summed E-state index contributed by atoms with van der Waals surface area (Å²) in [6.07, 6.45) is 6.89. The lowest BCUT2D eigenvalue weighted by molar-refractivity contribution is 0.0595. The minimum absolute atomic E-state index is 0. The molecule has 0 atom stereocenters. The van der Waals surface area contributed by atoms with E-state index in [1.165, 1.54) is 6.40 Å². The Morgan fingerprint density at radius 1 is 1.80 bits per heavy atom. The fourth-order valence-corrected chi connectivity index (χ4v) is 0.152. The van der Waals surface area contributed by atoms with E-state index in [1.807, 2.05) is 6.92 Å². The molecular weight excluding hydrogens is 245 g/mol. The van der Waals surface area contributed by atoms with Gasteiger partial charge in [0.05, 0.1) is 0 Å². The van der Waals surface area contributed by atoms with Crippen LogP contribution in [0.3, 0.4) is 0 Å². The van der Waals surface area contributed by atoms with Gasteiger partial charge in [0.15, 0.2) is 0 Å². The van der Waals surface area contributed by atoms with Crippen molar-refractivity contribution >= 4 is 30.4 Å². The Bertz CT molecular complexity index is 113. The first-order valence-electron chi connectivity index (χ1n) is 2.60. The third-order valence-electron chi connectivity index (χ3n) is 0.517. The van der Waals surface area contributed by atoms with Gasteiger partial charge in [0.2, 0.25) is 6.40 Å². The van der Waals surface area contributed by atoms with Crippen LogP contribution in [-0.2, 0) is 9.57 Å². The van der Waals surface area contributed by atoms with Crippen LogP contribution in [0.1, 0.15) is 13.3 Å². The molecule has 0 aromatic carbocycles. The second kappa shape index (κ2) is 11.4. The molecule has 0 saturated carbocycles. The van der Waals surface area contributed by atoms with Crippen LogP contribution in [0, 0.1) is 12.3 Å². The van der Waals surface area contributed by atoms with Gasteiger partial charge in [-0.15, -0.1) is 36.3 Å². The fraction of sp³-hybridized carbons (Fsp3) is 0.500. The van der Waals surface area contributed by atoms with Gasteiger partial charge in [-0.3, -0.25) is 0 Å². The molecule has 1 rings (SSSR count). The summed E-state index contributed by atoms with van der Waals surface area (Å²) >= 11 is 0. The van der Waals surface area contributed by atoms with Crippen molar-refractivity contribution in [3.8, 4) is 12.3 Å². The molecule has 0 aromatic heterocycles. The van der Waals surface area contributed by atoms with Crippen LogP contribution in [-0.4, -0.2) is 13.2 Å². The summed E-state index contributed by atoms with van der Waals surface area (Å²) in [5.41, 5.74) is 0. The lowest BCUT2D eigenvalue weighted by atomic mass is 10.5. The summed E-state index contributed by atoms with van der Waals surface area (Å²) in [6, 6.07) is 0. The number of hydrogen-bond acceptors (Lipinski definition) is 3. The Balaban J connectivity index is 0. The summed E-state index contributed by atoms with van der Waals surface area (Å²) in [6.45, 7) is 2.22. The number of hydrogen-bond donors (Lipinski definition) is 0. The number of terminal acetylenes is 1. The quantitative estimate of drug-likeness (QED) is 0.486. The third-order valence-corrected chi connectivity index (χ3v) is 0.517. The third kappa shape index (κ3) is 10.5. The van der Waals surface area contributed by atoms with Crippen molar-refractivity contribution < 1.29 is 9.57 Å². The van der Waals surface area contributed by atoms with Gasteiger partial charge in [-0.1, -0.05) is 12.1 Å². The van der Waals surface area contributed by atoms with E-state index in [9.17, 15) is 0 Å². The van der Waals surface area contributed by atoms with Crippen LogP contribution in [0.4, 0.5) is 0 Å². The van der Waals surface area contributed by atoms with Crippen molar-refractivity contribution in [3.05, 3.63) is 0 Å². The summed E-state index contributed by atoms with van der Waals surface area (Å²) in [4.78, 5) is 4.29. The molecule has 0 bridgehead atoms. The maximum Gasteiger partial charge on any atom is 0.257 e. The molecule has 3 nitrogen and oxygen atoms in total. The average Bonchev–Trinajstić information content (AvgIpc) is 2.43. The van der Waals surface area contributed by atoms with Crippen LogP contribution in [0.5, 0.6) is 0 Å². The van der Waals surface area contributed by atoms with E-state index < -0.39 is 0 Å². The minimum Gasteiger partial charge on any atom is -0.441 e. The highest BCUT2D eigenvalue weighted by atomic mass is 127. The van der Waals surface area contributed by atoms with Gasteiger partial charge in [-0.05, 0) is 0 Å². The summed E-state index contributed by atoms with van der Waals surface area (Å²) < 4.78 is 4.43. The zero-order valence-corrected chi connectivity index (χ0v) is 8.07. The highest BCUT2D eigenvalue weighted by Gasteiger charge is 1.84. The maximum atomic E-state index is 4.78. The molecule has 0 N–H and O–H groups in total. The molecule has 4 heteroatoms.